The molecule has 1 aliphatic rings. The second kappa shape index (κ2) is 9.37. The number of hydrogen-bond acceptors (Lipinski definition) is 3. The van der Waals surface area contributed by atoms with Crippen molar-refractivity contribution in [2.75, 3.05) is 6.54 Å². The van der Waals surface area contributed by atoms with E-state index in [1.807, 2.05) is 17.1 Å². The van der Waals surface area contributed by atoms with E-state index in [0.29, 0.717) is 19.4 Å². The first kappa shape index (κ1) is 19.2. The lowest BCUT2D eigenvalue weighted by atomic mass is 10.1. The minimum Gasteiger partial charge on any atom is -0.478 e. The smallest absolute Gasteiger partial charge is 0.335 e. The molecule has 0 radical (unpaired) electrons. The zero-order chi connectivity index (χ0) is 18.2. The second-order valence-electron chi connectivity index (χ2n) is 6.54. The summed E-state index contributed by atoms with van der Waals surface area (Å²) in [5.41, 5.74) is 1.28. The molecule has 2 atom stereocenters. The third-order valence-electron chi connectivity index (χ3n) is 4.63. The summed E-state index contributed by atoms with van der Waals surface area (Å²) < 4.78 is 0. The predicted molar refractivity (Wildman–Crippen MR) is 96.5 cm³/mol. The summed E-state index contributed by atoms with van der Waals surface area (Å²) in [7, 11) is 0. The number of carbonyl (C=O) groups is 2. The summed E-state index contributed by atoms with van der Waals surface area (Å²) in [6.07, 6.45) is 8.14. The van der Waals surface area contributed by atoms with E-state index in [2.05, 4.69) is 6.92 Å². The lowest BCUT2D eigenvalue weighted by Gasteiger charge is -2.22. The van der Waals surface area contributed by atoms with Gasteiger partial charge in [-0.2, -0.15) is 0 Å². The summed E-state index contributed by atoms with van der Waals surface area (Å²) in [5.74, 6) is -0.798. The van der Waals surface area contributed by atoms with Crippen LogP contribution >= 0.6 is 0 Å². The molecule has 5 heteroatoms. The van der Waals surface area contributed by atoms with Gasteiger partial charge >= 0.3 is 5.97 Å². The van der Waals surface area contributed by atoms with Crippen molar-refractivity contribution in [3.63, 3.8) is 0 Å². The van der Waals surface area contributed by atoms with Gasteiger partial charge < -0.3 is 15.1 Å². The molecular formula is C20H27NO4. The van der Waals surface area contributed by atoms with E-state index in [9.17, 15) is 14.7 Å². The third-order valence-corrected chi connectivity index (χ3v) is 4.63. The molecule has 1 aliphatic heterocycles. The molecule has 1 fully saturated rings. The minimum atomic E-state index is -0.937. The van der Waals surface area contributed by atoms with Crippen LogP contribution in [0.25, 0.3) is 0 Å². The first-order valence-corrected chi connectivity index (χ1v) is 8.99. The van der Waals surface area contributed by atoms with Crippen molar-refractivity contribution in [1.82, 2.24) is 4.90 Å². The molecule has 1 heterocycles. The zero-order valence-electron chi connectivity index (χ0n) is 14.7. The van der Waals surface area contributed by atoms with E-state index >= 15 is 0 Å². The Morgan fingerprint density at radius 1 is 1.36 bits per heavy atom. The number of aromatic carboxylic acids is 1. The Morgan fingerprint density at radius 2 is 2.08 bits per heavy atom. The highest BCUT2D eigenvalue weighted by Gasteiger charge is 2.28. The van der Waals surface area contributed by atoms with E-state index in [1.54, 1.807) is 24.3 Å². The molecule has 25 heavy (non-hydrogen) atoms. The van der Waals surface area contributed by atoms with E-state index in [-0.39, 0.29) is 17.5 Å². The highest BCUT2D eigenvalue weighted by Crippen LogP contribution is 2.21. The van der Waals surface area contributed by atoms with Gasteiger partial charge in [-0.15, -0.1) is 0 Å². The Kier molecular flexibility index (Phi) is 7.19. The van der Waals surface area contributed by atoms with Gasteiger partial charge in [-0.1, -0.05) is 44.1 Å². The topological polar surface area (TPSA) is 77.8 Å². The van der Waals surface area contributed by atoms with Gasteiger partial charge in [-0.25, -0.2) is 4.79 Å². The van der Waals surface area contributed by atoms with E-state index in [0.717, 1.165) is 31.2 Å². The molecule has 2 N–H and O–H groups in total. The van der Waals surface area contributed by atoms with Gasteiger partial charge in [0.1, 0.15) is 0 Å². The fourth-order valence-corrected chi connectivity index (χ4v) is 3.08. The molecule has 136 valence electrons. The van der Waals surface area contributed by atoms with Gasteiger partial charge in [0.15, 0.2) is 0 Å². The fourth-order valence-electron chi connectivity index (χ4n) is 3.08. The molecule has 0 aromatic heterocycles. The monoisotopic (exact) mass is 345 g/mol. The van der Waals surface area contributed by atoms with Crippen LogP contribution in [0.4, 0.5) is 0 Å². The Labute approximate surface area is 149 Å². The number of hydrogen-bond donors (Lipinski definition) is 2. The van der Waals surface area contributed by atoms with Crippen LogP contribution < -0.4 is 0 Å². The summed E-state index contributed by atoms with van der Waals surface area (Å²) >= 11 is 0. The van der Waals surface area contributed by atoms with Crippen LogP contribution in [-0.2, 0) is 11.2 Å². The number of rotatable bonds is 9. The number of benzene rings is 1. The average Bonchev–Trinajstić information content (AvgIpc) is 2.96. The Hall–Kier alpha value is -2.14. The Morgan fingerprint density at radius 3 is 2.72 bits per heavy atom. The van der Waals surface area contributed by atoms with Crippen LogP contribution in [0.15, 0.2) is 36.4 Å². The maximum Gasteiger partial charge on any atom is 0.335 e. The van der Waals surface area contributed by atoms with E-state index < -0.39 is 12.1 Å². The lowest BCUT2D eigenvalue weighted by molar-refractivity contribution is -0.128. The van der Waals surface area contributed by atoms with Crippen molar-refractivity contribution in [1.29, 1.82) is 0 Å². The normalized spacial score (nSPS) is 18.9. The molecule has 0 aliphatic carbocycles. The third kappa shape index (κ3) is 5.71. The van der Waals surface area contributed by atoms with Gasteiger partial charge in [0.2, 0.25) is 5.91 Å². The van der Waals surface area contributed by atoms with Crippen molar-refractivity contribution >= 4 is 11.9 Å². The number of carboxylic acids is 1. The van der Waals surface area contributed by atoms with E-state index in [4.69, 9.17) is 5.11 Å². The van der Waals surface area contributed by atoms with Crippen LogP contribution in [0, 0.1) is 0 Å². The number of aliphatic hydroxyl groups is 1. The molecule has 0 bridgehead atoms. The number of amides is 1. The molecule has 2 rings (SSSR count). The van der Waals surface area contributed by atoms with Gasteiger partial charge in [-0.05, 0) is 37.0 Å². The molecule has 1 amide bonds. The lowest BCUT2D eigenvalue weighted by Crippen LogP contribution is -2.33. The molecule has 0 saturated carbocycles. The molecule has 1 saturated heterocycles. The van der Waals surface area contributed by atoms with Crippen LogP contribution in [0.5, 0.6) is 0 Å². The van der Waals surface area contributed by atoms with Crippen LogP contribution in [-0.4, -0.2) is 45.7 Å². The molecule has 5 nitrogen and oxygen atoms in total. The van der Waals surface area contributed by atoms with Gasteiger partial charge in [0.05, 0.1) is 17.7 Å². The molecule has 1 aromatic rings. The zero-order valence-corrected chi connectivity index (χ0v) is 14.7. The van der Waals surface area contributed by atoms with Crippen LogP contribution in [0.2, 0.25) is 0 Å². The fraction of sp³-hybridized carbons (Fsp3) is 0.500. The average molecular weight is 345 g/mol. The highest BCUT2D eigenvalue weighted by molar-refractivity contribution is 5.87. The molecular weight excluding hydrogens is 318 g/mol. The summed E-state index contributed by atoms with van der Waals surface area (Å²) in [4.78, 5) is 24.9. The van der Waals surface area contributed by atoms with E-state index in [1.165, 1.54) is 0 Å². The number of unbranched alkanes of at least 4 members (excludes halogenated alkanes) is 1. The quantitative estimate of drug-likeness (QED) is 0.675. The maximum absolute atomic E-state index is 12.1. The first-order valence-electron chi connectivity index (χ1n) is 8.99. The summed E-state index contributed by atoms with van der Waals surface area (Å²) in [5, 5.41) is 18.9. The number of aliphatic hydroxyl groups excluding tert-OH is 1. The van der Waals surface area contributed by atoms with Crippen molar-refractivity contribution in [3.8, 4) is 0 Å². The number of likely N-dealkylation sites (tertiary alicyclic amines) is 1. The summed E-state index contributed by atoms with van der Waals surface area (Å²) in [6, 6.07) is 6.81. The summed E-state index contributed by atoms with van der Waals surface area (Å²) in [6.45, 7) is 2.70. The van der Waals surface area contributed by atoms with Gasteiger partial charge in [0.25, 0.3) is 0 Å². The predicted octanol–water partition coefficient (Wildman–Crippen LogP) is 3.03. The molecule has 1 aromatic carbocycles. The van der Waals surface area contributed by atoms with Crippen LogP contribution in [0.3, 0.4) is 0 Å². The van der Waals surface area contributed by atoms with Crippen molar-refractivity contribution in [2.24, 2.45) is 0 Å². The number of carbonyl (C=O) groups excluding carboxylic acids is 1. The highest BCUT2D eigenvalue weighted by atomic mass is 16.4. The van der Waals surface area contributed by atoms with Gasteiger partial charge in [-0.3, -0.25) is 4.79 Å². The molecule has 0 spiro atoms. The van der Waals surface area contributed by atoms with Crippen LogP contribution in [0.1, 0.15) is 54.9 Å². The van der Waals surface area contributed by atoms with Crippen molar-refractivity contribution in [2.45, 2.75) is 57.6 Å². The number of nitrogens with zero attached hydrogens (tertiary/aromatic N) is 1. The van der Waals surface area contributed by atoms with Gasteiger partial charge in [0, 0.05) is 13.0 Å². The maximum atomic E-state index is 12.1. The van der Waals surface area contributed by atoms with Crippen molar-refractivity contribution < 1.29 is 19.8 Å². The number of carboxylic acid groups (broad SMARTS) is 1. The Balaban J connectivity index is 1.90. The van der Waals surface area contributed by atoms with Crippen molar-refractivity contribution in [3.05, 3.63) is 47.5 Å². The minimum absolute atomic E-state index is 0.0436. The second-order valence-corrected chi connectivity index (χ2v) is 6.54. The SMILES string of the molecule is CCCCC(O)/C=C/C1CCC(=O)N1CCc1ccc(C(=O)O)cc1. The Bertz CT molecular complexity index is 609. The first-order chi connectivity index (χ1) is 12.0. The molecule has 2 unspecified atom stereocenters. The standard InChI is InChI=1S/C20H27NO4/c1-2-3-4-18(22)11-9-17-10-12-19(23)21(17)14-13-15-5-7-16(8-6-15)20(24)25/h5-9,11,17-18,22H,2-4,10,12-14H2,1H3,(H,24,25)/b11-9+. The largest absolute Gasteiger partial charge is 0.478 e.